The number of ether oxygens (including phenoxy) is 1. The molecule has 170 valence electrons. The molecule has 32 heavy (non-hydrogen) atoms. The van der Waals surface area contributed by atoms with Crippen LogP contribution in [0.2, 0.25) is 0 Å². The minimum Gasteiger partial charge on any atom is -0.494 e. The lowest BCUT2D eigenvalue weighted by atomic mass is 9.89. The average molecular weight is 447 g/mol. The molecular formula is C24H24F3NO4. The zero-order valence-corrected chi connectivity index (χ0v) is 17.7. The summed E-state index contributed by atoms with van der Waals surface area (Å²) < 4.78 is 48.4. The van der Waals surface area contributed by atoms with Crippen LogP contribution in [0.1, 0.15) is 29.5 Å². The Morgan fingerprint density at radius 1 is 1.22 bits per heavy atom. The molecule has 2 aromatic carbocycles. The Bertz CT molecular complexity index is 1080. The number of aliphatic hydroxyl groups is 1. The van der Waals surface area contributed by atoms with Crippen LogP contribution < -0.4 is 4.74 Å². The van der Waals surface area contributed by atoms with E-state index in [-0.39, 0.29) is 47.5 Å². The van der Waals surface area contributed by atoms with E-state index in [2.05, 4.69) is 6.58 Å². The van der Waals surface area contributed by atoms with Gasteiger partial charge in [-0.25, -0.2) is 0 Å². The number of nitrogens with zero attached hydrogens (tertiary/aromatic N) is 1. The van der Waals surface area contributed by atoms with Gasteiger partial charge in [-0.3, -0.25) is 4.79 Å². The summed E-state index contributed by atoms with van der Waals surface area (Å²) in [5.74, 6) is -0.890. The molecule has 1 unspecified atom stereocenters. The third-order valence-corrected chi connectivity index (χ3v) is 5.23. The van der Waals surface area contributed by atoms with Crippen molar-refractivity contribution in [3.63, 3.8) is 0 Å². The number of aliphatic carboxylic acids is 1. The minimum atomic E-state index is -4.98. The molecule has 0 saturated carbocycles. The van der Waals surface area contributed by atoms with E-state index in [1.54, 1.807) is 43.4 Å². The molecule has 0 fully saturated rings. The molecule has 0 heterocycles. The lowest BCUT2D eigenvalue weighted by Gasteiger charge is -2.29. The van der Waals surface area contributed by atoms with Crippen LogP contribution in [-0.4, -0.2) is 48.0 Å². The number of fused-ring (bicyclic) bond motifs is 3. The molecule has 5 nitrogen and oxygen atoms in total. The quantitative estimate of drug-likeness (QED) is 0.450. The highest BCUT2D eigenvalue weighted by Gasteiger charge is 2.61. The van der Waals surface area contributed by atoms with E-state index in [4.69, 9.17) is 9.84 Å². The van der Waals surface area contributed by atoms with Crippen LogP contribution in [-0.2, 0) is 10.4 Å². The first kappa shape index (κ1) is 23.4. The zero-order chi connectivity index (χ0) is 23.7. The number of carboxylic acids is 1. The summed E-state index contributed by atoms with van der Waals surface area (Å²) in [6.45, 7) is 3.80. The lowest BCUT2D eigenvalue weighted by molar-refractivity contribution is -0.246. The Morgan fingerprint density at radius 2 is 1.91 bits per heavy atom. The smallest absolute Gasteiger partial charge is 0.425 e. The fourth-order valence-electron chi connectivity index (χ4n) is 3.89. The molecule has 0 saturated heterocycles. The predicted octanol–water partition coefficient (Wildman–Crippen LogP) is 4.80. The van der Waals surface area contributed by atoms with Crippen LogP contribution in [0, 0.1) is 0 Å². The van der Waals surface area contributed by atoms with Crippen LogP contribution in [0.25, 0.3) is 16.7 Å². The van der Waals surface area contributed by atoms with Crippen molar-refractivity contribution in [2.75, 3.05) is 20.7 Å². The van der Waals surface area contributed by atoms with Gasteiger partial charge in [0.15, 0.2) is 0 Å². The number of benzene rings is 2. The van der Waals surface area contributed by atoms with Crippen LogP contribution in [0.4, 0.5) is 13.2 Å². The highest BCUT2D eigenvalue weighted by molar-refractivity contribution is 5.93. The van der Waals surface area contributed by atoms with Crippen molar-refractivity contribution in [1.82, 2.24) is 4.90 Å². The molecule has 0 aromatic heterocycles. The van der Waals surface area contributed by atoms with Gasteiger partial charge in [0.2, 0.25) is 5.60 Å². The van der Waals surface area contributed by atoms with E-state index < -0.39 is 17.7 Å². The first-order valence-electron chi connectivity index (χ1n) is 9.93. The van der Waals surface area contributed by atoms with E-state index in [1.807, 2.05) is 0 Å². The molecule has 0 radical (unpaired) electrons. The Balaban J connectivity index is 2.26. The van der Waals surface area contributed by atoms with Gasteiger partial charge >= 0.3 is 12.1 Å². The highest BCUT2D eigenvalue weighted by Crippen LogP contribution is 2.57. The molecule has 3 rings (SSSR count). The van der Waals surface area contributed by atoms with E-state index in [1.165, 1.54) is 24.3 Å². The molecule has 0 amide bonds. The van der Waals surface area contributed by atoms with E-state index >= 15 is 0 Å². The van der Waals surface area contributed by atoms with Gasteiger partial charge in [0.1, 0.15) is 5.75 Å². The summed E-state index contributed by atoms with van der Waals surface area (Å²) >= 11 is 0. The number of carbonyl (C=O) groups is 1. The first-order valence-corrected chi connectivity index (χ1v) is 9.93. The number of allylic oxidation sites excluding steroid dienone is 2. The Morgan fingerprint density at radius 3 is 2.50 bits per heavy atom. The second-order valence-corrected chi connectivity index (χ2v) is 7.75. The van der Waals surface area contributed by atoms with Crippen molar-refractivity contribution in [2.24, 2.45) is 0 Å². The van der Waals surface area contributed by atoms with Crippen LogP contribution >= 0.6 is 0 Å². The number of hydrogen-bond donors (Lipinski definition) is 2. The van der Waals surface area contributed by atoms with Crippen LogP contribution in [0.5, 0.6) is 5.75 Å². The minimum absolute atomic E-state index is 0.00272. The van der Waals surface area contributed by atoms with Crippen LogP contribution in [0.3, 0.4) is 0 Å². The highest BCUT2D eigenvalue weighted by atomic mass is 19.4. The molecule has 0 aliphatic heterocycles. The monoisotopic (exact) mass is 447 g/mol. The van der Waals surface area contributed by atoms with Gasteiger partial charge in [0.05, 0.1) is 6.61 Å². The topological polar surface area (TPSA) is 70.0 Å². The Kier molecular flexibility index (Phi) is 6.37. The third-order valence-electron chi connectivity index (χ3n) is 5.23. The maximum Gasteiger partial charge on any atom is 0.425 e. The van der Waals surface area contributed by atoms with Gasteiger partial charge in [0, 0.05) is 37.8 Å². The molecule has 2 N–H and O–H groups in total. The zero-order valence-electron chi connectivity index (χ0n) is 17.7. The molecular weight excluding hydrogens is 423 g/mol. The van der Waals surface area contributed by atoms with Gasteiger partial charge in [-0.15, -0.1) is 0 Å². The maximum absolute atomic E-state index is 14.3. The standard InChI is InChI=1S/C24H24F3NO4/c1-4-15(14-28(2)3)18-12-16(32-11-7-10-21(29)30)13-20-22(18)17-8-5-6-9-19(17)23(20,31)24(25,26)27/h4-6,8-9,12-14,31H,1,7,10-11H2,2-3H3,(H,29,30)/b15-14+. The molecule has 8 heteroatoms. The number of alkyl halides is 3. The van der Waals surface area contributed by atoms with Gasteiger partial charge in [-0.2, -0.15) is 13.2 Å². The van der Waals surface area contributed by atoms with E-state index in [0.29, 0.717) is 11.1 Å². The van der Waals surface area contributed by atoms with Crippen molar-refractivity contribution in [3.05, 3.63) is 71.9 Å². The van der Waals surface area contributed by atoms with Crippen molar-refractivity contribution in [3.8, 4) is 16.9 Å². The molecule has 1 atom stereocenters. The van der Waals surface area contributed by atoms with Gasteiger partial charge in [-0.05, 0) is 40.8 Å². The Hall–Kier alpha value is -3.26. The fraction of sp³-hybridized carbons (Fsp3) is 0.292. The fourth-order valence-corrected chi connectivity index (χ4v) is 3.89. The van der Waals surface area contributed by atoms with Gasteiger partial charge in [0.25, 0.3) is 0 Å². The molecule has 1 aliphatic carbocycles. The second kappa shape index (κ2) is 8.70. The summed E-state index contributed by atoms with van der Waals surface area (Å²) in [5.41, 5.74) is -2.29. The number of halogens is 3. The molecule has 0 bridgehead atoms. The Labute approximate surface area is 184 Å². The second-order valence-electron chi connectivity index (χ2n) is 7.75. The number of hydrogen-bond acceptors (Lipinski definition) is 4. The largest absolute Gasteiger partial charge is 0.494 e. The average Bonchev–Trinajstić information content (AvgIpc) is 2.99. The summed E-state index contributed by atoms with van der Waals surface area (Å²) in [7, 11) is 3.55. The molecule has 2 aromatic rings. The predicted molar refractivity (Wildman–Crippen MR) is 115 cm³/mol. The lowest BCUT2D eigenvalue weighted by Crippen LogP contribution is -2.41. The SMILES string of the molecule is C=C/C(=C\N(C)C)c1cc(OCCCC(=O)O)cc2c1-c1ccccc1C2(O)C(F)(F)F. The molecule has 0 spiro atoms. The summed E-state index contributed by atoms with van der Waals surface area (Å²) in [6.07, 6.45) is -1.68. The van der Waals surface area contributed by atoms with E-state index in [9.17, 15) is 23.1 Å². The maximum atomic E-state index is 14.3. The number of rotatable bonds is 8. The number of carboxylic acid groups (broad SMARTS) is 1. The normalized spacial score (nSPS) is 17.5. The van der Waals surface area contributed by atoms with Crippen molar-refractivity contribution in [2.45, 2.75) is 24.6 Å². The van der Waals surface area contributed by atoms with E-state index in [0.717, 1.165) is 0 Å². The third kappa shape index (κ3) is 4.10. The van der Waals surface area contributed by atoms with Gasteiger partial charge < -0.3 is 19.8 Å². The van der Waals surface area contributed by atoms with Gasteiger partial charge in [-0.1, -0.05) is 36.9 Å². The van der Waals surface area contributed by atoms with Crippen LogP contribution in [0.15, 0.2) is 55.3 Å². The summed E-state index contributed by atoms with van der Waals surface area (Å²) in [6, 6.07) is 8.66. The van der Waals surface area contributed by atoms with Crippen molar-refractivity contribution < 1.29 is 32.9 Å². The summed E-state index contributed by atoms with van der Waals surface area (Å²) in [4.78, 5) is 12.5. The van der Waals surface area contributed by atoms with Crippen molar-refractivity contribution >= 4 is 11.5 Å². The molecule has 1 aliphatic rings. The first-order chi connectivity index (χ1) is 15.0. The van der Waals surface area contributed by atoms with Crippen molar-refractivity contribution in [1.29, 1.82) is 0 Å². The summed E-state index contributed by atoms with van der Waals surface area (Å²) in [5, 5.41) is 19.8.